The molecule has 1 aromatic heterocycles. The quantitative estimate of drug-likeness (QED) is 0.884. The van der Waals surface area contributed by atoms with Gasteiger partial charge in [0.2, 0.25) is 0 Å². The SMILES string of the molecule is CCC(C)(C(=O)O)n1nnnc1CC(C)C(C)(C)C. The molecule has 0 aliphatic carbocycles. The number of carbonyl (C=O) groups is 1. The Bertz CT molecular complexity index is 450. The molecule has 0 saturated carbocycles. The molecule has 1 rings (SSSR count). The number of nitrogens with zero attached hydrogens (tertiary/aromatic N) is 4. The van der Waals surface area contributed by atoms with E-state index < -0.39 is 11.5 Å². The molecule has 0 bridgehead atoms. The zero-order valence-electron chi connectivity index (χ0n) is 12.6. The molecular formula is C13H24N4O2. The summed E-state index contributed by atoms with van der Waals surface area (Å²) in [6.45, 7) is 12.1. The maximum Gasteiger partial charge on any atom is 0.331 e. The molecule has 1 heterocycles. The average Bonchev–Trinajstić information content (AvgIpc) is 2.75. The Labute approximate surface area is 114 Å². The first-order valence-electron chi connectivity index (χ1n) is 6.64. The van der Waals surface area contributed by atoms with Crippen molar-refractivity contribution in [3.63, 3.8) is 0 Å². The van der Waals surface area contributed by atoms with Gasteiger partial charge in [-0.25, -0.2) is 9.48 Å². The fraction of sp³-hybridized carbons (Fsp3) is 0.846. The van der Waals surface area contributed by atoms with Crippen molar-refractivity contribution in [3.8, 4) is 0 Å². The highest BCUT2D eigenvalue weighted by Gasteiger charge is 2.37. The predicted octanol–water partition coefficient (Wildman–Crippen LogP) is 2.11. The summed E-state index contributed by atoms with van der Waals surface area (Å²) in [7, 11) is 0. The second-order valence-corrected chi connectivity index (χ2v) is 6.41. The van der Waals surface area contributed by atoms with E-state index >= 15 is 0 Å². The summed E-state index contributed by atoms with van der Waals surface area (Å²) < 4.78 is 1.46. The monoisotopic (exact) mass is 268 g/mol. The van der Waals surface area contributed by atoms with Gasteiger partial charge in [-0.3, -0.25) is 0 Å². The Hall–Kier alpha value is -1.46. The van der Waals surface area contributed by atoms with Gasteiger partial charge in [0.05, 0.1) is 0 Å². The van der Waals surface area contributed by atoms with E-state index in [2.05, 4.69) is 43.2 Å². The Kier molecular flexibility index (Phi) is 4.32. The molecule has 2 atom stereocenters. The van der Waals surface area contributed by atoms with E-state index in [-0.39, 0.29) is 5.41 Å². The van der Waals surface area contributed by atoms with Crippen molar-refractivity contribution < 1.29 is 9.90 Å². The molecule has 0 saturated heterocycles. The average molecular weight is 268 g/mol. The lowest BCUT2D eigenvalue weighted by molar-refractivity contribution is -0.147. The van der Waals surface area contributed by atoms with E-state index in [9.17, 15) is 9.90 Å². The third-order valence-electron chi connectivity index (χ3n) is 4.12. The third-order valence-corrected chi connectivity index (χ3v) is 4.12. The summed E-state index contributed by atoms with van der Waals surface area (Å²) in [4.78, 5) is 11.5. The number of hydrogen-bond acceptors (Lipinski definition) is 4. The van der Waals surface area contributed by atoms with Crippen LogP contribution < -0.4 is 0 Å². The zero-order valence-corrected chi connectivity index (χ0v) is 12.6. The lowest BCUT2D eigenvalue weighted by Gasteiger charge is -2.29. The maximum absolute atomic E-state index is 11.5. The molecule has 2 unspecified atom stereocenters. The largest absolute Gasteiger partial charge is 0.479 e. The minimum absolute atomic E-state index is 0.128. The van der Waals surface area contributed by atoms with Gasteiger partial charge in [0, 0.05) is 6.42 Å². The second-order valence-electron chi connectivity index (χ2n) is 6.41. The fourth-order valence-electron chi connectivity index (χ4n) is 1.69. The molecule has 6 heteroatoms. The number of carboxylic acid groups (broad SMARTS) is 1. The summed E-state index contributed by atoms with van der Waals surface area (Å²) in [5.74, 6) is 0.0771. The molecule has 108 valence electrons. The van der Waals surface area contributed by atoms with Gasteiger partial charge in [0.25, 0.3) is 0 Å². The van der Waals surface area contributed by atoms with Crippen molar-refractivity contribution in [1.29, 1.82) is 0 Å². The highest BCUT2D eigenvalue weighted by molar-refractivity contribution is 5.76. The van der Waals surface area contributed by atoms with E-state index in [4.69, 9.17) is 0 Å². The zero-order chi connectivity index (χ0) is 14.8. The highest BCUT2D eigenvalue weighted by atomic mass is 16.4. The molecule has 1 aromatic rings. The molecule has 0 fully saturated rings. The highest BCUT2D eigenvalue weighted by Crippen LogP contribution is 2.29. The number of carboxylic acids is 1. The summed E-state index contributed by atoms with van der Waals surface area (Å²) >= 11 is 0. The van der Waals surface area contributed by atoms with Gasteiger partial charge in [-0.2, -0.15) is 0 Å². The molecule has 0 amide bonds. The van der Waals surface area contributed by atoms with Crippen LogP contribution in [-0.2, 0) is 16.8 Å². The van der Waals surface area contributed by atoms with Gasteiger partial charge >= 0.3 is 5.97 Å². The molecular weight excluding hydrogens is 244 g/mol. The van der Waals surface area contributed by atoms with E-state index in [0.717, 1.165) is 0 Å². The van der Waals surface area contributed by atoms with Crippen molar-refractivity contribution in [3.05, 3.63) is 5.82 Å². The first-order valence-corrected chi connectivity index (χ1v) is 6.64. The molecule has 6 nitrogen and oxygen atoms in total. The normalized spacial score (nSPS) is 16.9. The maximum atomic E-state index is 11.5. The summed E-state index contributed by atoms with van der Waals surface area (Å²) in [6.07, 6.45) is 1.10. The molecule has 1 N–H and O–H groups in total. The van der Waals surface area contributed by atoms with E-state index in [1.54, 1.807) is 6.92 Å². The minimum atomic E-state index is -1.09. The van der Waals surface area contributed by atoms with Crippen LogP contribution in [0.5, 0.6) is 0 Å². The van der Waals surface area contributed by atoms with Crippen LogP contribution in [0.25, 0.3) is 0 Å². The van der Waals surface area contributed by atoms with Gasteiger partial charge in [0.15, 0.2) is 11.4 Å². The third kappa shape index (κ3) is 3.11. The van der Waals surface area contributed by atoms with Crippen LogP contribution >= 0.6 is 0 Å². The molecule has 0 aliphatic rings. The smallest absolute Gasteiger partial charge is 0.331 e. The van der Waals surface area contributed by atoms with Gasteiger partial charge in [-0.05, 0) is 35.1 Å². The van der Waals surface area contributed by atoms with Crippen molar-refractivity contribution in [2.24, 2.45) is 11.3 Å². The number of tetrazole rings is 1. The second kappa shape index (κ2) is 5.27. The van der Waals surface area contributed by atoms with E-state index in [1.165, 1.54) is 4.68 Å². The summed E-state index contributed by atoms with van der Waals surface area (Å²) in [5, 5.41) is 21.0. The Morgan fingerprint density at radius 3 is 2.37 bits per heavy atom. The van der Waals surface area contributed by atoms with E-state index in [1.807, 2.05) is 6.92 Å². The predicted molar refractivity (Wildman–Crippen MR) is 71.7 cm³/mol. The van der Waals surface area contributed by atoms with Crippen LogP contribution in [0.1, 0.15) is 53.8 Å². The molecule has 0 spiro atoms. The standard InChI is InChI=1S/C13H24N4O2/c1-7-13(6,11(18)19)17-10(14-15-16-17)8-9(2)12(3,4)5/h9H,7-8H2,1-6H3,(H,18,19). The number of aromatic nitrogens is 4. The van der Waals surface area contributed by atoms with Crippen LogP contribution in [0.4, 0.5) is 0 Å². The minimum Gasteiger partial charge on any atom is -0.479 e. The van der Waals surface area contributed by atoms with Gasteiger partial charge < -0.3 is 5.11 Å². The van der Waals surface area contributed by atoms with Crippen LogP contribution in [0, 0.1) is 11.3 Å². The molecule has 19 heavy (non-hydrogen) atoms. The van der Waals surface area contributed by atoms with Gasteiger partial charge in [-0.15, -0.1) is 5.10 Å². The van der Waals surface area contributed by atoms with Crippen LogP contribution in [0.15, 0.2) is 0 Å². The number of rotatable bonds is 5. The lowest BCUT2D eigenvalue weighted by Crippen LogP contribution is -2.41. The van der Waals surface area contributed by atoms with E-state index in [0.29, 0.717) is 24.6 Å². The molecule has 0 aromatic carbocycles. The van der Waals surface area contributed by atoms with Crippen molar-refractivity contribution in [2.75, 3.05) is 0 Å². The topological polar surface area (TPSA) is 80.9 Å². The Balaban J connectivity index is 3.08. The molecule has 0 aliphatic heterocycles. The summed E-state index contributed by atoms with van der Waals surface area (Å²) in [5.41, 5.74) is -0.959. The lowest BCUT2D eigenvalue weighted by atomic mass is 9.80. The number of aliphatic carboxylic acids is 1. The van der Waals surface area contributed by atoms with Crippen molar-refractivity contribution >= 4 is 5.97 Å². The Morgan fingerprint density at radius 2 is 1.95 bits per heavy atom. The van der Waals surface area contributed by atoms with Crippen LogP contribution in [0.2, 0.25) is 0 Å². The van der Waals surface area contributed by atoms with Crippen LogP contribution in [-0.4, -0.2) is 31.3 Å². The Morgan fingerprint density at radius 1 is 1.37 bits per heavy atom. The fourth-order valence-corrected chi connectivity index (χ4v) is 1.69. The first-order chi connectivity index (χ1) is 8.63. The van der Waals surface area contributed by atoms with Crippen LogP contribution in [0.3, 0.4) is 0 Å². The molecule has 0 radical (unpaired) electrons. The van der Waals surface area contributed by atoms with Gasteiger partial charge in [-0.1, -0.05) is 34.6 Å². The van der Waals surface area contributed by atoms with Gasteiger partial charge in [0.1, 0.15) is 0 Å². The first kappa shape index (κ1) is 15.6. The summed E-state index contributed by atoms with van der Waals surface area (Å²) in [6, 6.07) is 0. The van der Waals surface area contributed by atoms with Crippen molar-refractivity contribution in [1.82, 2.24) is 20.2 Å². The number of hydrogen-bond donors (Lipinski definition) is 1. The van der Waals surface area contributed by atoms with Crippen molar-refractivity contribution in [2.45, 2.75) is 59.9 Å².